The van der Waals surface area contributed by atoms with Gasteiger partial charge < -0.3 is 14.9 Å². The molecule has 1 aliphatic heterocycles. The van der Waals surface area contributed by atoms with Gasteiger partial charge in [0.15, 0.2) is 0 Å². The smallest absolute Gasteiger partial charge is 0.303 e. The lowest BCUT2D eigenvalue weighted by Gasteiger charge is -2.30. The fourth-order valence-electron chi connectivity index (χ4n) is 1.07. The minimum Gasteiger partial charge on any atom is -0.459 e. The Labute approximate surface area is 74.9 Å². The van der Waals surface area contributed by atoms with Gasteiger partial charge in [-0.1, -0.05) is 0 Å². The van der Waals surface area contributed by atoms with Crippen LogP contribution in [0.1, 0.15) is 6.92 Å². The van der Waals surface area contributed by atoms with Crippen LogP contribution in [0.2, 0.25) is 0 Å². The van der Waals surface area contributed by atoms with Crippen molar-refractivity contribution in [1.29, 1.82) is 0 Å². The molecule has 1 heterocycles. The topological polar surface area (TPSA) is 66.8 Å². The molecule has 12 heavy (non-hydrogen) atoms. The van der Waals surface area contributed by atoms with Crippen LogP contribution in [0, 0.1) is 0 Å². The van der Waals surface area contributed by atoms with Crippen molar-refractivity contribution in [2.24, 2.45) is 0 Å². The molecule has 0 aliphatic carbocycles. The average Bonchev–Trinajstić information content (AvgIpc) is 1.98. The summed E-state index contributed by atoms with van der Waals surface area (Å²) in [6.45, 7) is 1.29. The van der Waals surface area contributed by atoms with Gasteiger partial charge in [-0.05, 0) is 0 Å². The maximum absolute atomic E-state index is 10.5. The highest BCUT2D eigenvalue weighted by molar-refractivity contribution is 7.99. The van der Waals surface area contributed by atoms with Gasteiger partial charge in [-0.15, -0.1) is 0 Å². The molecule has 0 saturated carbocycles. The number of esters is 1. The Morgan fingerprint density at radius 1 is 1.50 bits per heavy atom. The largest absolute Gasteiger partial charge is 0.459 e. The summed E-state index contributed by atoms with van der Waals surface area (Å²) >= 11 is 1.47. The van der Waals surface area contributed by atoms with E-state index in [0.29, 0.717) is 11.5 Å². The van der Waals surface area contributed by atoms with Gasteiger partial charge in [0.1, 0.15) is 12.2 Å². The molecule has 1 rings (SSSR count). The first kappa shape index (κ1) is 9.83. The van der Waals surface area contributed by atoms with Crippen LogP contribution >= 0.6 is 11.8 Å². The van der Waals surface area contributed by atoms with E-state index < -0.39 is 24.3 Å². The second-order valence-electron chi connectivity index (χ2n) is 2.74. The SMILES string of the molecule is CC(=O)O[C@@H]1CSC[C@H](O)[C@H]1O. The zero-order chi connectivity index (χ0) is 9.14. The first-order valence-corrected chi connectivity index (χ1v) is 4.88. The van der Waals surface area contributed by atoms with Crippen molar-refractivity contribution in [1.82, 2.24) is 0 Å². The Bertz CT molecular complexity index is 173. The third kappa shape index (κ3) is 2.36. The molecule has 3 atom stereocenters. The zero-order valence-corrected chi connectivity index (χ0v) is 7.58. The number of aliphatic hydroxyl groups is 2. The predicted octanol–water partition coefficient (Wildman–Crippen LogP) is -0.613. The van der Waals surface area contributed by atoms with E-state index in [1.54, 1.807) is 0 Å². The summed E-state index contributed by atoms with van der Waals surface area (Å²) in [6.07, 6.45) is -2.28. The lowest BCUT2D eigenvalue weighted by atomic mass is 10.1. The number of aliphatic hydroxyl groups excluding tert-OH is 2. The molecule has 0 unspecified atom stereocenters. The van der Waals surface area contributed by atoms with E-state index in [-0.39, 0.29) is 0 Å². The number of ether oxygens (including phenoxy) is 1. The third-order valence-electron chi connectivity index (χ3n) is 1.66. The summed E-state index contributed by atoms with van der Waals surface area (Å²) in [5.74, 6) is 0.630. The molecule has 0 radical (unpaired) electrons. The van der Waals surface area contributed by atoms with Crippen LogP contribution in [-0.2, 0) is 9.53 Å². The second kappa shape index (κ2) is 4.11. The van der Waals surface area contributed by atoms with Crippen molar-refractivity contribution < 1.29 is 19.7 Å². The molecule has 0 aromatic heterocycles. The lowest BCUT2D eigenvalue weighted by molar-refractivity contribution is -0.154. The quantitative estimate of drug-likeness (QED) is 0.542. The van der Waals surface area contributed by atoms with Gasteiger partial charge in [0, 0.05) is 18.4 Å². The molecule has 1 aliphatic rings. The van der Waals surface area contributed by atoms with Crippen molar-refractivity contribution >= 4 is 17.7 Å². The van der Waals surface area contributed by atoms with Crippen molar-refractivity contribution in [3.05, 3.63) is 0 Å². The Morgan fingerprint density at radius 2 is 2.17 bits per heavy atom. The molecule has 1 fully saturated rings. The van der Waals surface area contributed by atoms with Crippen molar-refractivity contribution in [2.45, 2.75) is 25.2 Å². The Kier molecular flexibility index (Phi) is 3.37. The molecular weight excluding hydrogens is 180 g/mol. The predicted molar refractivity (Wildman–Crippen MR) is 44.9 cm³/mol. The highest BCUT2D eigenvalue weighted by Crippen LogP contribution is 2.20. The Balaban J connectivity index is 2.46. The summed E-state index contributed by atoms with van der Waals surface area (Å²) in [5.41, 5.74) is 0. The van der Waals surface area contributed by atoms with Crippen LogP contribution < -0.4 is 0 Å². The van der Waals surface area contributed by atoms with Gasteiger partial charge >= 0.3 is 5.97 Å². The molecule has 0 spiro atoms. The van der Waals surface area contributed by atoms with Crippen molar-refractivity contribution in [3.8, 4) is 0 Å². The molecule has 0 aromatic carbocycles. The van der Waals surface area contributed by atoms with Gasteiger partial charge in [-0.3, -0.25) is 4.79 Å². The highest BCUT2D eigenvalue weighted by atomic mass is 32.2. The number of carbonyl (C=O) groups is 1. The van der Waals surface area contributed by atoms with Crippen LogP contribution in [0.5, 0.6) is 0 Å². The highest BCUT2D eigenvalue weighted by Gasteiger charge is 2.32. The third-order valence-corrected chi connectivity index (χ3v) is 2.80. The fourth-order valence-corrected chi connectivity index (χ4v) is 2.14. The van der Waals surface area contributed by atoms with E-state index in [2.05, 4.69) is 0 Å². The molecule has 5 heteroatoms. The second-order valence-corrected chi connectivity index (χ2v) is 3.82. The summed E-state index contributed by atoms with van der Waals surface area (Å²) in [7, 11) is 0. The first-order chi connectivity index (χ1) is 5.61. The molecule has 0 aromatic rings. The molecular formula is C7H12O4S. The van der Waals surface area contributed by atoms with E-state index in [1.807, 2.05) is 0 Å². The van der Waals surface area contributed by atoms with Crippen LogP contribution in [0.15, 0.2) is 0 Å². The van der Waals surface area contributed by atoms with Crippen molar-refractivity contribution in [2.75, 3.05) is 11.5 Å². The minimum atomic E-state index is -0.935. The van der Waals surface area contributed by atoms with Gasteiger partial charge in [-0.2, -0.15) is 11.8 Å². The maximum Gasteiger partial charge on any atom is 0.303 e. The number of rotatable bonds is 1. The van der Waals surface area contributed by atoms with Gasteiger partial charge in [-0.25, -0.2) is 0 Å². The first-order valence-electron chi connectivity index (χ1n) is 3.72. The summed E-state index contributed by atoms with van der Waals surface area (Å²) in [6, 6.07) is 0. The maximum atomic E-state index is 10.5. The Morgan fingerprint density at radius 3 is 2.75 bits per heavy atom. The van der Waals surface area contributed by atoms with E-state index >= 15 is 0 Å². The minimum absolute atomic E-state index is 0.422. The van der Waals surface area contributed by atoms with Crippen LogP contribution in [-0.4, -0.2) is 46.0 Å². The van der Waals surface area contributed by atoms with Gasteiger partial charge in [0.25, 0.3) is 0 Å². The van der Waals surface area contributed by atoms with Crippen molar-refractivity contribution in [3.63, 3.8) is 0 Å². The van der Waals surface area contributed by atoms with E-state index in [1.165, 1.54) is 18.7 Å². The average molecular weight is 192 g/mol. The number of hydrogen-bond donors (Lipinski definition) is 2. The fraction of sp³-hybridized carbons (Fsp3) is 0.857. The zero-order valence-electron chi connectivity index (χ0n) is 6.77. The van der Waals surface area contributed by atoms with E-state index in [0.717, 1.165) is 0 Å². The normalized spacial score (nSPS) is 36.1. The van der Waals surface area contributed by atoms with Crippen LogP contribution in [0.3, 0.4) is 0 Å². The summed E-state index contributed by atoms with van der Waals surface area (Å²) in [5, 5.41) is 18.5. The van der Waals surface area contributed by atoms with Crippen LogP contribution in [0.25, 0.3) is 0 Å². The standard InChI is InChI=1S/C7H12O4S/c1-4(8)11-6-3-12-2-5(9)7(6)10/h5-7,9-10H,2-3H2,1H3/t5-,6+,7+/m0/s1. The number of hydrogen-bond acceptors (Lipinski definition) is 5. The molecule has 4 nitrogen and oxygen atoms in total. The van der Waals surface area contributed by atoms with E-state index in [9.17, 15) is 15.0 Å². The van der Waals surface area contributed by atoms with E-state index in [4.69, 9.17) is 4.74 Å². The van der Waals surface area contributed by atoms with Gasteiger partial charge in [0.05, 0.1) is 6.10 Å². The summed E-state index contributed by atoms with van der Waals surface area (Å²) < 4.78 is 4.80. The number of thioether (sulfide) groups is 1. The molecule has 0 bridgehead atoms. The molecule has 70 valence electrons. The lowest BCUT2D eigenvalue weighted by Crippen LogP contribution is -2.46. The molecule has 2 N–H and O–H groups in total. The summed E-state index contributed by atoms with van der Waals surface area (Å²) in [4.78, 5) is 10.5. The van der Waals surface area contributed by atoms with Gasteiger partial charge in [0.2, 0.25) is 0 Å². The van der Waals surface area contributed by atoms with Crippen LogP contribution in [0.4, 0.5) is 0 Å². The molecule has 1 saturated heterocycles. The molecule has 0 amide bonds. The Hall–Kier alpha value is -0.260. The monoisotopic (exact) mass is 192 g/mol. The number of carbonyl (C=O) groups excluding carboxylic acids is 1.